The summed E-state index contributed by atoms with van der Waals surface area (Å²) >= 11 is 5.11. The fraction of sp³-hybridized carbons (Fsp3) is 0.800. The summed E-state index contributed by atoms with van der Waals surface area (Å²) in [6.45, 7) is 4.38. The first-order valence-corrected chi connectivity index (χ1v) is 3.05. The number of nitrogens with zero attached hydrogens (tertiary/aromatic N) is 1. The minimum Gasteiger partial charge on any atom is -0.211 e. The predicted molar refractivity (Wildman–Crippen MR) is 35.1 cm³/mol. The fourth-order valence-electron chi connectivity index (χ4n) is 0.0879. The second kappa shape index (κ2) is 15.9. The summed E-state index contributed by atoms with van der Waals surface area (Å²) in [6, 6.07) is 0. The van der Waals surface area contributed by atoms with Crippen LogP contribution in [0.4, 0.5) is 0 Å². The third kappa shape index (κ3) is 17.3. The highest BCUT2D eigenvalue weighted by atomic mass is 35.5. The van der Waals surface area contributed by atoms with Crippen molar-refractivity contribution < 1.29 is 4.79 Å². The van der Waals surface area contributed by atoms with Gasteiger partial charge in [0.1, 0.15) is 0 Å². The van der Waals surface area contributed by atoms with Crippen LogP contribution in [0.5, 0.6) is 0 Å². The normalized spacial score (nSPS) is 5.88. The molecule has 0 spiro atoms. The first-order chi connectivity index (χ1) is 3.91. The van der Waals surface area contributed by atoms with E-state index in [4.69, 9.17) is 11.6 Å². The number of alkyl halides is 1. The Balaban J connectivity index is 0. The molecule has 0 saturated heterocycles. The molecule has 0 N–H and O–H groups in total. The van der Waals surface area contributed by atoms with E-state index in [0.29, 0.717) is 12.4 Å². The van der Waals surface area contributed by atoms with Gasteiger partial charge in [-0.2, -0.15) is 0 Å². The average molecular weight is 136 g/mol. The van der Waals surface area contributed by atoms with Crippen molar-refractivity contribution in [1.82, 2.24) is 0 Å². The first kappa shape index (κ1) is 10.6. The molecule has 0 heterocycles. The number of hydrogen-bond acceptors (Lipinski definition) is 2. The number of hydrogen-bond donors (Lipinski definition) is 0. The molecule has 0 aromatic carbocycles. The van der Waals surface area contributed by atoms with Crippen molar-refractivity contribution in [3.05, 3.63) is 0 Å². The highest BCUT2D eigenvalue weighted by Gasteiger charge is 1.68. The molecule has 0 aliphatic carbocycles. The van der Waals surface area contributed by atoms with Crippen LogP contribution in [0.3, 0.4) is 0 Å². The van der Waals surface area contributed by atoms with Crippen LogP contribution in [0.25, 0.3) is 0 Å². The van der Waals surface area contributed by atoms with Gasteiger partial charge in [0.15, 0.2) is 0 Å². The average Bonchev–Trinajstić information content (AvgIpc) is 1.88. The smallest absolute Gasteiger partial charge is 0.211 e. The quantitative estimate of drug-likeness (QED) is 0.321. The molecule has 0 aromatic rings. The zero-order valence-electron chi connectivity index (χ0n) is 5.15. The molecule has 0 aliphatic rings. The molecule has 2 nitrogen and oxygen atoms in total. The van der Waals surface area contributed by atoms with Gasteiger partial charge in [-0.05, 0) is 0 Å². The van der Waals surface area contributed by atoms with Crippen molar-refractivity contribution >= 4 is 17.7 Å². The summed E-state index contributed by atoms with van der Waals surface area (Å²) in [4.78, 5) is 12.4. The molecule has 0 unspecified atom stereocenters. The standard InChI is InChI=1S/C3H4ClNO.C2H6/c4-1-2-5-3-6;1-2/h1-2H2;1-2H3. The monoisotopic (exact) mass is 135 g/mol. The van der Waals surface area contributed by atoms with Gasteiger partial charge in [0.2, 0.25) is 6.08 Å². The second-order valence-corrected chi connectivity index (χ2v) is 1.04. The molecule has 0 radical (unpaired) electrons. The Hall–Kier alpha value is -0.330. The Kier molecular flexibility index (Phi) is 21.1. The Bertz CT molecular complexity index is 68.8. The number of aliphatic imine (C=N–C) groups is 1. The number of isocyanates is 1. The van der Waals surface area contributed by atoms with Crippen LogP contribution in [0.1, 0.15) is 13.8 Å². The van der Waals surface area contributed by atoms with Crippen molar-refractivity contribution in [2.75, 3.05) is 12.4 Å². The number of rotatable bonds is 2. The van der Waals surface area contributed by atoms with Gasteiger partial charge in [-0.15, -0.1) is 11.6 Å². The summed E-state index contributed by atoms with van der Waals surface area (Å²) in [5.74, 6) is 0.398. The summed E-state index contributed by atoms with van der Waals surface area (Å²) in [6.07, 6.45) is 1.36. The van der Waals surface area contributed by atoms with Gasteiger partial charge < -0.3 is 0 Å². The molecular weight excluding hydrogens is 126 g/mol. The molecule has 0 aliphatic heterocycles. The maximum Gasteiger partial charge on any atom is 0.234 e. The maximum atomic E-state index is 9.21. The van der Waals surface area contributed by atoms with Crippen molar-refractivity contribution in [3.8, 4) is 0 Å². The van der Waals surface area contributed by atoms with E-state index in [1.54, 1.807) is 0 Å². The third-order valence-corrected chi connectivity index (χ3v) is 0.430. The fourth-order valence-corrected chi connectivity index (χ4v) is 0.172. The lowest BCUT2D eigenvalue weighted by atomic mass is 10.8. The summed E-state index contributed by atoms with van der Waals surface area (Å²) in [5, 5.41) is 0. The molecule has 0 saturated carbocycles. The van der Waals surface area contributed by atoms with Crippen LogP contribution >= 0.6 is 11.6 Å². The van der Waals surface area contributed by atoms with Gasteiger partial charge in [-0.1, -0.05) is 13.8 Å². The Labute approximate surface area is 54.6 Å². The molecule has 0 amide bonds. The zero-order chi connectivity index (χ0) is 6.83. The van der Waals surface area contributed by atoms with E-state index in [1.165, 1.54) is 6.08 Å². The summed E-state index contributed by atoms with van der Waals surface area (Å²) < 4.78 is 0. The highest BCUT2D eigenvalue weighted by Crippen LogP contribution is 1.70. The molecule has 0 fully saturated rings. The SMILES string of the molecule is CC.O=C=NCCCl. The van der Waals surface area contributed by atoms with Crippen LogP contribution in [0, 0.1) is 0 Å². The molecule has 8 heavy (non-hydrogen) atoms. The largest absolute Gasteiger partial charge is 0.234 e. The van der Waals surface area contributed by atoms with E-state index in [2.05, 4.69) is 4.99 Å². The van der Waals surface area contributed by atoms with Gasteiger partial charge in [-0.3, -0.25) is 0 Å². The minimum atomic E-state index is 0.380. The molecule has 0 bridgehead atoms. The summed E-state index contributed by atoms with van der Waals surface area (Å²) in [7, 11) is 0. The minimum absolute atomic E-state index is 0.380. The van der Waals surface area contributed by atoms with Gasteiger partial charge in [0.05, 0.1) is 6.54 Å². The first-order valence-electron chi connectivity index (χ1n) is 2.51. The van der Waals surface area contributed by atoms with Crippen LogP contribution in [-0.4, -0.2) is 18.5 Å². The van der Waals surface area contributed by atoms with E-state index in [1.807, 2.05) is 13.8 Å². The van der Waals surface area contributed by atoms with Crippen LogP contribution < -0.4 is 0 Å². The maximum absolute atomic E-state index is 9.21. The molecule has 0 atom stereocenters. The van der Waals surface area contributed by atoms with Gasteiger partial charge in [0, 0.05) is 5.88 Å². The third-order valence-electron chi connectivity index (χ3n) is 0.261. The van der Waals surface area contributed by atoms with E-state index < -0.39 is 0 Å². The van der Waals surface area contributed by atoms with E-state index in [0.717, 1.165) is 0 Å². The lowest BCUT2D eigenvalue weighted by Gasteiger charge is -1.69. The van der Waals surface area contributed by atoms with Crippen LogP contribution in [0.2, 0.25) is 0 Å². The van der Waals surface area contributed by atoms with E-state index >= 15 is 0 Å². The molecule has 3 heteroatoms. The zero-order valence-corrected chi connectivity index (χ0v) is 5.90. The molecular formula is C5H10ClNO. The van der Waals surface area contributed by atoms with Gasteiger partial charge >= 0.3 is 0 Å². The van der Waals surface area contributed by atoms with E-state index in [-0.39, 0.29) is 0 Å². The van der Waals surface area contributed by atoms with Crippen molar-refractivity contribution in [2.24, 2.45) is 4.99 Å². The van der Waals surface area contributed by atoms with Gasteiger partial charge in [0.25, 0.3) is 0 Å². The van der Waals surface area contributed by atoms with E-state index in [9.17, 15) is 4.79 Å². The Morgan fingerprint density at radius 3 is 2.25 bits per heavy atom. The van der Waals surface area contributed by atoms with Crippen LogP contribution in [-0.2, 0) is 4.79 Å². The second-order valence-electron chi connectivity index (χ2n) is 0.662. The molecule has 0 aromatic heterocycles. The lowest BCUT2D eigenvalue weighted by Crippen LogP contribution is -1.75. The van der Waals surface area contributed by atoms with Crippen LogP contribution in [0.15, 0.2) is 4.99 Å². The molecule has 48 valence electrons. The number of carbonyl (C=O) groups excluding carboxylic acids is 1. The lowest BCUT2D eigenvalue weighted by molar-refractivity contribution is 0.563. The van der Waals surface area contributed by atoms with Gasteiger partial charge in [-0.25, -0.2) is 9.79 Å². The number of halogens is 1. The van der Waals surface area contributed by atoms with Crippen molar-refractivity contribution in [3.63, 3.8) is 0 Å². The topological polar surface area (TPSA) is 29.4 Å². The Morgan fingerprint density at radius 2 is 2.12 bits per heavy atom. The van der Waals surface area contributed by atoms with Crippen molar-refractivity contribution in [1.29, 1.82) is 0 Å². The predicted octanol–water partition coefficient (Wildman–Crippen LogP) is 1.59. The van der Waals surface area contributed by atoms with Crippen molar-refractivity contribution in [2.45, 2.75) is 13.8 Å². The molecule has 0 rings (SSSR count). The summed E-state index contributed by atoms with van der Waals surface area (Å²) in [5.41, 5.74) is 0. The highest BCUT2D eigenvalue weighted by molar-refractivity contribution is 6.18. The Morgan fingerprint density at radius 1 is 1.62 bits per heavy atom.